The van der Waals surface area contributed by atoms with Crippen molar-refractivity contribution in [2.45, 2.75) is 78.6 Å². The van der Waals surface area contributed by atoms with Crippen LogP contribution in [0.2, 0.25) is 0 Å². The van der Waals surface area contributed by atoms with Crippen molar-refractivity contribution in [2.75, 3.05) is 25.1 Å². The second kappa shape index (κ2) is 15.8. The Morgan fingerprint density at radius 1 is 1.04 bits per heavy atom. The Labute approximate surface area is 268 Å². The predicted molar refractivity (Wildman–Crippen MR) is 175 cm³/mol. The molecule has 13 heteroatoms. The molecule has 0 bridgehead atoms. The van der Waals surface area contributed by atoms with Gasteiger partial charge in [0.2, 0.25) is 17.7 Å². The summed E-state index contributed by atoms with van der Waals surface area (Å²) >= 11 is 1.61. The SMILES string of the molecule is CSCC[C@@H]1NC(=O)CCCN(C(=O)CCn2c(C)cc(C)nc2=O)CCn2nc(-c3ccccc3)nc2[C@@H](C(C)C)NC1=O. The van der Waals surface area contributed by atoms with Crippen molar-refractivity contribution < 1.29 is 14.4 Å². The van der Waals surface area contributed by atoms with Gasteiger partial charge in [-0.2, -0.15) is 21.8 Å². The molecule has 2 N–H and O–H groups in total. The molecule has 1 aliphatic rings. The number of thioether (sulfide) groups is 1. The van der Waals surface area contributed by atoms with Crippen molar-refractivity contribution in [3.05, 3.63) is 64.1 Å². The molecule has 45 heavy (non-hydrogen) atoms. The van der Waals surface area contributed by atoms with Crippen molar-refractivity contribution in [3.8, 4) is 11.4 Å². The number of aryl methyl sites for hydroxylation is 2. The molecular weight excluding hydrogens is 592 g/mol. The molecule has 3 heterocycles. The highest BCUT2D eigenvalue weighted by Crippen LogP contribution is 2.25. The normalized spacial score (nSPS) is 18.2. The Morgan fingerprint density at radius 3 is 2.49 bits per heavy atom. The molecule has 1 aromatic carbocycles. The lowest BCUT2D eigenvalue weighted by atomic mass is 10.0. The van der Waals surface area contributed by atoms with E-state index in [1.54, 1.807) is 28.3 Å². The van der Waals surface area contributed by atoms with Crippen LogP contribution in [0.3, 0.4) is 0 Å². The number of benzene rings is 1. The number of carbonyl (C=O) groups excluding carboxylic acids is 3. The molecule has 2 atom stereocenters. The van der Waals surface area contributed by atoms with E-state index in [9.17, 15) is 19.2 Å². The van der Waals surface area contributed by atoms with Gasteiger partial charge in [0.1, 0.15) is 6.04 Å². The van der Waals surface area contributed by atoms with Crippen molar-refractivity contribution >= 4 is 29.5 Å². The summed E-state index contributed by atoms with van der Waals surface area (Å²) in [7, 11) is 0. The molecule has 3 aromatic rings. The van der Waals surface area contributed by atoms with Gasteiger partial charge in [-0.3, -0.25) is 19.0 Å². The Hall–Kier alpha value is -4.00. The summed E-state index contributed by atoms with van der Waals surface area (Å²) in [6.07, 6.45) is 3.16. The lowest BCUT2D eigenvalue weighted by molar-refractivity contribution is -0.132. The molecule has 0 radical (unpaired) electrons. The maximum atomic E-state index is 13.6. The Bertz CT molecular complexity index is 1540. The van der Waals surface area contributed by atoms with E-state index in [1.165, 1.54) is 4.57 Å². The van der Waals surface area contributed by atoms with Gasteiger partial charge in [-0.25, -0.2) is 14.5 Å². The van der Waals surface area contributed by atoms with Gasteiger partial charge in [0.05, 0.1) is 12.6 Å². The van der Waals surface area contributed by atoms with E-state index < -0.39 is 12.1 Å². The van der Waals surface area contributed by atoms with Crippen LogP contribution in [0.15, 0.2) is 41.2 Å². The second-order valence-corrected chi connectivity index (χ2v) is 12.7. The Balaban J connectivity index is 1.66. The molecule has 0 aliphatic carbocycles. The summed E-state index contributed by atoms with van der Waals surface area (Å²) in [4.78, 5) is 63.2. The van der Waals surface area contributed by atoms with Gasteiger partial charge in [-0.05, 0) is 50.7 Å². The minimum absolute atomic E-state index is 0.0345. The molecule has 0 saturated heterocycles. The lowest BCUT2D eigenvalue weighted by Gasteiger charge is -2.28. The van der Waals surface area contributed by atoms with Crippen LogP contribution in [0.5, 0.6) is 0 Å². The molecule has 2 aromatic heterocycles. The molecule has 0 saturated carbocycles. The summed E-state index contributed by atoms with van der Waals surface area (Å²) in [5.41, 5.74) is 1.85. The lowest BCUT2D eigenvalue weighted by Crippen LogP contribution is -2.49. The van der Waals surface area contributed by atoms with E-state index in [0.717, 1.165) is 11.3 Å². The van der Waals surface area contributed by atoms with E-state index in [4.69, 9.17) is 10.1 Å². The van der Waals surface area contributed by atoms with E-state index in [0.29, 0.717) is 55.6 Å². The Kier molecular flexibility index (Phi) is 11.9. The number of rotatable bonds is 8. The number of aromatic nitrogens is 5. The summed E-state index contributed by atoms with van der Waals surface area (Å²) in [6, 6.07) is 10.3. The molecule has 0 spiro atoms. The zero-order valence-electron chi connectivity index (χ0n) is 26.8. The maximum absolute atomic E-state index is 13.6. The third-order valence-corrected chi connectivity index (χ3v) is 8.54. The van der Waals surface area contributed by atoms with Crippen LogP contribution in [0, 0.1) is 19.8 Å². The predicted octanol–water partition coefficient (Wildman–Crippen LogP) is 2.88. The van der Waals surface area contributed by atoms with Gasteiger partial charge in [-0.1, -0.05) is 44.2 Å². The first-order valence-electron chi connectivity index (χ1n) is 15.5. The van der Waals surface area contributed by atoms with Crippen molar-refractivity contribution in [3.63, 3.8) is 0 Å². The van der Waals surface area contributed by atoms with Gasteiger partial charge in [0.15, 0.2) is 11.6 Å². The van der Waals surface area contributed by atoms with E-state index >= 15 is 0 Å². The summed E-state index contributed by atoms with van der Waals surface area (Å²) in [5.74, 6) is 1.17. The van der Waals surface area contributed by atoms with Gasteiger partial charge in [0.25, 0.3) is 0 Å². The van der Waals surface area contributed by atoms with Crippen LogP contribution in [-0.2, 0) is 27.5 Å². The molecule has 1 aliphatic heterocycles. The topological polar surface area (TPSA) is 144 Å². The van der Waals surface area contributed by atoms with E-state index in [2.05, 4.69) is 15.6 Å². The molecule has 12 nitrogen and oxygen atoms in total. The first kappa shape index (κ1) is 33.9. The maximum Gasteiger partial charge on any atom is 0.347 e. The highest BCUT2D eigenvalue weighted by atomic mass is 32.2. The van der Waals surface area contributed by atoms with Gasteiger partial charge in [-0.15, -0.1) is 0 Å². The summed E-state index contributed by atoms with van der Waals surface area (Å²) in [6.45, 7) is 8.81. The summed E-state index contributed by atoms with van der Waals surface area (Å²) < 4.78 is 3.29. The van der Waals surface area contributed by atoms with E-state index in [-0.39, 0.29) is 48.7 Å². The number of fused-ring (bicyclic) bond motifs is 1. The number of carbonyl (C=O) groups is 3. The van der Waals surface area contributed by atoms with Crippen LogP contribution in [-0.4, -0.2) is 78.1 Å². The molecular formula is C32H44N8O4S. The zero-order valence-corrected chi connectivity index (χ0v) is 27.6. The van der Waals surface area contributed by atoms with Gasteiger partial charge in [0, 0.05) is 49.4 Å². The summed E-state index contributed by atoms with van der Waals surface area (Å²) in [5, 5.41) is 10.9. The van der Waals surface area contributed by atoms with E-state index in [1.807, 2.05) is 63.4 Å². The molecule has 3 amide bonds. The molecule has 0 unspecified atom stereocenters. The van der Waals surface area contributed by atoms with Crippen molar-refractivity contribution in [2.24, 2.45) is 5.92 Å². The van der Waals surface area contributed by atoms with Crippen molar-refractivity contribution in [1.82, 2.24) is 39.8 Å². The van der Waals surface area contributed by atoms with Crippen LogP contribution in [0.4, 0.5) is 0 Å². The largest absolute Gasteiger partial charge is 0.347 e. The fraction of sp³-hybridized carbons (Fsp3) is 0.531. The minimum atomic E-state index is -0.693. The number of nitrogens with one attached hydrogen (secondary N) is 2. The minimum Gasteiger partial charge on any atom is -0.344 e. The monoisotopic (exact) mass is 636 g/mol. The van der Waals surface area contributed by atoms with Crippen molar-refractivity contribution in [1.29, 1.82) is 0 Å². The number of hydrogen-bond donors (Lipinski definition) is 2. The molecule has 242 valence electrons. The van der Waals surface area contributed by atoms with Crippen LogP contribution in [0.1, 0.15) is 62.8 Å². The Morgan fingerprint density at radius 2 is 1.80 bits per heavy atom. The first-order chi connectivity index (χ1) is 21.6. The standard InChI is InChI=1S/C32H44N8O4S/c1-21(2)28-30-36-29(24-10-7-6-8-11-24)37-40(30)18-17-38(27(42)13-16-39-23(4)20-22(3)33-32(39)44)15-9-12-26(41)34-25(14-19-45-5)31(43)35-28/h6-8,10-11,20-21,25,28H,9,12-19H2,1-5H3,(H,34,41)(H,35,43)/t25-,28+/m0/s1. The fourth-order valence-electron chi connectivity index (χ4n) is 5.43. The first-order valence-corrected chi connectivity index (χ1v) is 16.9. The highest BCUT2D eigenvalue weighted by Gasteiger charge is 2.30. The quantitative estimate of drug-likeness (QED) is 0.384. The average molecular weight is 637 g/mol. The van der Waals surface area contributed by atoms with Gasteiger partial charge < -0.3 is 15.5 Å². The number of hydrogen-bond acceptors (Lipinski definition) is 8. The van der Waals surface area contributed by atoms with Crippen LogP contribution >= 0.6 is 11.8 Å². The number of nitrogens with zero attached hydrogens (tertiary/aromatic N) is 6. The van der Waals surface area contributed by atoms with Crippen LogP contribution in [0.25, 0.3) is 11.4 Å². The fourth-order valence-corrected chi connectivity index (χ4v) is 5.90. The zero-order chi connectivity index (χ0) is 32.5. The smallest absolute Gasteiger partial charge is 0.344 e. The van der Waals surface area contributed by atoms with Crippen LogP contribution < -0.4 is 16.3 Å². The molecule has 0 fully saturated rings. The van der Waals surface area contributed by atoms with Gasteiger partial charge >= 0.3 is 5.69 Å². The average Bonchev–Trinajstić information content (AvgIpc) is 3.42. The third-order valence-electron chi connectivity index (χ3n) is 7.90. The number of amides is 3. The highest BCUT2D eigenvalue weighted by molar-refractivity contribution is 7.98. The third kappa shape index (κ3) is 9.03. The second-order valence-electron chi connectivity index (χ2n) is 11.7. The molecule has 4 rings (SSSR count).